The molecule has 0 aliphatic carbocycles. The van der Waals surface area contributed by atoms with Crippen LogP contribution in [0.1, 0.15) is 41.0 Å². The second kappa shape index (κ2) is 7.45. The average molecular weight is 319 g/mol. The van der Waals surface area contributed by atoms with Crippen LogP contribution in [0.4, 0.5) is 0 Å². The Morgan fingerprint density at radius 1 is 0.958 bits per heavy atom. The molecule has 124 valence electrons. The Kier molecular flexibility index (Phi) is 5.11. The van der Waals surface area contributed by atoms with Crippen molar-refractivity contribution in [1.82, 2.24) is 15.1 Å². The molecule has 0 unspecified atom stereocenters. The third-order valence-electron chi connectivity index (χ3n) is 4.59. The second-order valence-electron chi connectivity index (χ2n) is 6.31. The number of aromatic nitrogens is 2. The van der Waals surface area contributed by atoms with Crippen LogP contribution in [0.2, 0.25) is 0 Å². The Hall–Kier alpha value is -2.39. The molecule has 2 aromatic carbocycles. The summed E-state index contributed by atoms with van der Waals surface area (Å²) in [6.45, 7) is 8.12. The Balaban J connectivity index is 1.70. The molecule has 0 saturated heterocycles. The maximum atomic E-state index is 4.73. The predicted octanol–water partition coefficient (Wildman–Crippen LogP) is 4.40. The smallest absolute Gasteiger partial charge is 0.0662 e. The van der Waals surface area contributed by atoms with Crippen LogP contribution in [-0.2, 0) is 13.1 Å². The van der Waals surface area contributed by atoms with Gasteiger partial charge in [-0.2, -0.15) is 5.10 Å². The Bertz CT molecular complexity index is 776. The van der Waals surface area contributed by atoms with Gasteiger partial charge in [-0.25, -0.2) is 0 Å². The molecule has 0 saturated carbocycles. The molecule has 0 fully saturated rings. The van der Waals surface area contributed by atoms with Gasteiger partial charge in [-0.3, -0.25) is 4.68 Å². The zero-order valence-corrected chi connectivity index (χ0v) is 14.7. The topological polar surface area (TPSA) is 29.9 Å². The Morgan fingerprint density at radius 2 is 1.58 bits per heavy atom. The summed E-state index contributed by atoms with van der Waals surface area (Å²) in [7, 11) is 0. The van der Waals surface area contributed by atoms with E-state index in [1.54, 1.807) is 0 Å². The number of benzene rings is 2. The molecule has 0 aliphatic heterocycles. The normalized spacial score (nSPS) is 12.3. The molecular weight excluding hydrogens is 294 g/mol. The minimum atomic E-state index is 0.322. The molecular formula is C21H25N3. The highest BCUT2D eigenvalue weighted by Crippen LogP contribution is 2.17. The molecule has 1 atom stereocenters. The van der Waals surface area contributed by atoms with Gasteiger partial charge in [-0.15, -0.1) is 0 Å². The first kappa shape index (κ1) is 16.5. The molecule has 0 aliphatic rings. The van der Waals surface area contributed by atoms with Gasteiger partial charge in [0.1, 0.15) is 0 Å². The summed E-state index contributed by atoms with van der Waals surface area (Å²) in [6, 6.07) is 21.4. The SMILES string of the molecule is Cc1nn(Cc2ccccc2)c(C)c1CN[C@H](C)c1ccccc1. The van der Waals surface area contributed by atoms with Crippen LogP contribution in [0.3, 0.4) is 0 Å². The third-order valence-corrected chi connectivity index (χ3v) is 4.59. The molecule has 3 rings (SSSR count). The summed E-state index contributed by atoms with van der Waals surface area (Å²) >= 11 is 0. The summed E-state index contributed by atoms with van der Waals surface area (Å²) < 4.78 is 2.11. The maximum absolute atomic E-state index is 4.73. The van der Waals surface area contributed by atoms with Crippen molar-refractivity contribution in [3.63, 3.8) is 0 Å². The van der Waals surface area contributed by atoms with Crippen LogP contribution in [0.25, 0.3) is 0 Å². The van der Waals surface area contributed by atoms with Crippen LogP contribution in [-0.4, -0.2) is 9.78 Å². The lowest BCUT2D eigenvalue weighted by molar-refractivity contribution is 0.571. The van der Waals surface area contributed by atoms with Crippen LogP contribution in [0.5, 0.6) is 0 Å². The lowest BCUT2D eigenvalue weighted by Gasteiger charge is -2.14. The van der Waals surface area contributed by atoms with Crippen molar-refractivity contribution >= 4 is 0 Å². The molecule has 3 heteroatoms. The van der Waals surface area contributed by atoms with E-state index in [9.17, 15) is 0 Å². The van der Waals surface area contributed by atoms with E-state index in [0.717, 1.165) is 18.8 Å². The van der Waals surface area contributed by atoms with Crippen molar-refractivity contribution < 1.29 is 0 Å². The van der Waals surface area contributed by atoms with E-state index in [0.29, 0.717) is 6.04 Å². The van der Waals surface area contributed by atoms with E-state index < -0.39 is 0 Å². The van der Waals surface area contributed by atoms with Gasteiger partial charge in [0.15, 0.2) is 0 Å². The quantitative estimate of drug-likeness (QED) is 0.730. The predicted molar refractivity (Wildman–Crippen MR) is 98.9 cm³/mol. The van der Waals surface area contributed by atoms with E-state index in [2.05, 4.69) is 85.4 Å². The molecule has 24 heavy (non-hydrogen) atoms. The van der Waals surface area contributed by atoms with Gasteiger partial charge in [-0.1, -0.05) is 60.7 Å². The fraction of sp³-hybridized carbons (Fsp3) is 0.286. The van der Waals surface area contributed by atoms with Crippen molar-refractivity contribution in [3.05, 3.63) is 88.7 Å². The molecule has 3 nitrogen and oxygen atoms in total. The first-order valence-electron chi connectivity index (χ1n) is 8.50. The summed E-state index contributed by atoms with van der Waals surface area (Å²) in [5, 5.41) is 8.35. The zero-order chi connectivity index (χ0) is 16.9. The first-order chi connectivity index (χ1) is 11.6. The van der Waals surface area contributed by atoms with Crippen molar-refractivity contribution in [2.45, 2.75) is 39.9 Å². The van der Waals surface area contributed by atoms with Crippen molar-refractivity contribution in [1.29, 1.82) is 0 Å². The summed E-state index contributed by atoms with van der Waals surface area (Å²) in [4.78, 5) is 0. The van der Waals surface area contributed by atoms with Gasteiger partial charge in [0.25, 0.3) is 0 Å². The molecule has 1 heterocycles. The Morgan fingerprint density at radius 3 is 2.25 bits per heavy atom. The van der Waals surface area contributed by atoms with Crippen molar-refractivity contribution in [2.24, 2.45) is 0 Å². The minimum Gasteiger partial charge on any atom is -0.306 e. The fourth-order valence-corrected chi connectivity index (χ4v) is 3.01. The fourth-order valence-electron chi connectivity index (χ4n) is 3.01. The molecule has 0 radical (unpaired) electrons. The van der Waals surface area contributed by atoms with E-state index in [4.69, 9.17) is 5.10 Å². The van der Waals surface area contributed by atoms with Gasteiger partial charge in [-0.05, 0) is 31.9 Å². The van der Waals surface area contributed by atoms with Gasteiger partial charge in [0, 0.05) is 23.8 Å². The van der Waals surface area contributed by atoms with E-state index in [-0.39, 0.29) is 0 Å². The second-order valence-corrected chi connectivity index (χ2v) is 6.31. The first-order valence-corrected chi connectivity index (χ1v) is 8.50. The maximum Gasteiger partial charge on any atom is 0.0662 e. The average Bonchev–Trinajstić information content (AvgIpc) is 2.88. The highest BCUT2D eigenvalue weighted by molar-refractivity contribution is 5.26. The molecule has 0 spiro atoms. The number of nitrogens with zero attached hydrogens (tertiary/aromatic N) is 2. The van der Waals surface area contributed by atoms with Crippen molar-refractivity contribution in [3.8, 4) is 0 Å². The highest BCUT2D eigenvalue weighted by atomic mass is 15.3. The van der Waals surface area contributed by atoms with Crippen molar-refractivity contribution in [2.75, 3.05) is 0 Å². The number of aryl methyl sites for hydroxylation is 1. The Labute approximate surface area is 144 Å². The zero-order valence-electron chi connectivity index (χ0n) is 14.7. The lowest BCUT2D eigenvalue weighted by Crippen LogP contribution is -2.19. The molecule has 1 N–H and O–H groups in total. The molecule has 0 amide bonds. The summed E-state index contributed by atoms with van der Waals surface area (Å²) in [5.74, 6) is 0. The van der Waals surface area contributed by atoms with Gasteiger partial charge < -0.3 is 5.32 Å². The molecule has 1 aromatic heterocycles. The van der Waals surface area contributed by atoms with Crippen LogP contribution < -0.4 is 5.32 Å². The van der Waals surface area contributed by atoms with Crippen LogP contribution >= 0.6 is 0 Å². The summed E-state index contributed by atoms with van der Waals surface area (Å²) in [5.41, 5.74) is 6.23. The lowest BCUT2D eigenvalue weighted by atomic mass is 10.1. The molecule has 0 bridgehead atoms. The standard InChI is InChI=1S/C21H25N3/c1-16(20-12-8-5-9-13-20)22-14-21-17(2)23-24(18(21)3)15-19-10-6-4-7-11-19/h4-13,16,22H,14-15H2,1-3H3/t16-/m1/s1. The monoisotopic (exact) mass is 319 g/mol. The number of hydrogen-bond donors (Lipinski definition) is 1. The number of nitrogens with one attached hydrogen (secondary N) is 1. The van der Waals surface area contributed by atoms with Crippen LogP contribution in [0, 0.1) is 13.8 Å². The highest BCUT2D eigenvalue weighted by Gasteiger charge is 2.13. The van der Waals surface area contributed by atoms with E-state index >= 15 is 0 Å². The minimum absolute atomic E-state index is 0.322. The number of hydrogen-bond acceptors (Lipinski definition) is 2. The van der Waals surface area contributed by atoms with Gasteiger partial charge in [0.05, 0.1) is 12.2 Å². The van der Waals surface area contributed by atoms with Crippen LogP contribution in [0.15, 0.2) is 60.7 Å². The third kappa shape index (κ3) is 3.74. The van der Waals surface area contributed by atoms with E-state index in [1.165, 1.54) is 22.4 Å². The number of rotatable bonds is 6. The molecule has 3 aromatic rings. The summed E-state index contributed by atoms with van der Waals surface area (Å²) in [6.07, 6.45) is 0. The largest absolute Gasteiger partial charge is 0.306 e. The van der Waals surface area contributed by atoms with E-state index in [1.807, 2.05) is 6.07 Å². The van der Waals surface area contributed by atoms with Gasteiger partial charge in [0.2, 0.25) is 0 Å². The van der Waals surface area contributed by atoms with Gasteiger partial charge >= 0.3 is 0 Å².